The van der Waals surface area contributed by atoms with Crippen molar-refractivity contribution in [2.45, 2.75) is 51.9 Å². The molecule has 0 amide bonds. The van der Waals surface area contributed by atoms with Crippen LogP contribution in [0.1, 0.15) is 51.9 Å². The summed E-state index contributed by atoms with van der Waals surface area (Å²) in [5, 5.41) is 9.06. The zero-order chi connectivity index (χ0) is 9.68. The molecular weight excluding hydrogens is 164 g/mol. The van der Waals surface area contributed by atoms with E-state index in [0.717, 1.165) is 32.1 Å². The third-order valence-corrected chi connectivity index (χ3v) is 3.14. The number of hydrogen-bond donors (Lipinski definition) is 1. The van der Waals surface area contributed by atoms with Gasteiger partial charge in [-0.2, -0.15) is 0 Å². The van der Waals surface area contributed by atoms with Gasteiger partial charge in [0.1, 0.15) is 0 Å². The molecule has 1 aliphatic carbocycles. The highest BCUT2D eigenvalue weighted by Crippen LogP contribution is 2.31. The van der Waals surface area contributed by atoms with Crippen LogP contribution in [-0.2, 0) is 4.79 Å². The topological polar surface area (TPSA) is 37.3 Å². The number of carbonyl (C=O) groups is 1. The van der Waals surface area contributed by atoms with E-state index in [1.54, 1.807) is 0 Å². The number of carboxylic acid groups (broad SMARTS) is 1. The fourth-order valence-electron chi connectivity index (χ4n) is 2.43. The highest BCUT2D eigenvalue weighted by molar-refractivity contribution is 5.70. The molecule has 0 aromatic heterocycles. The maximum Gasteiger partial charge on any atom is 0.306 e. The fourth-order valence-corrected chi connectivity index (χ4v) is 2.43. The van der Waals surface area contributed by atoms with Crippen molar-refractivity contribution in [3.05, 3.63) is 0 Å². The third-order valence-electron chi connectivity index (χ3n) is 3.14. The Labute approximate surface area is 80.3 Å². The van der Waals surface area contributed by atoms with E-state index in [1.165, 1.54) is 12.8 Å². The van der Waals surface area contributed by atoms with Gasteiger partial charge in [0.25, 0.3) is 0 Å². The smallest absolute Gasteiger partial charge is 0.306 e. The van der Waals surface area contributed by atoms with Crippen molar-refractivity contribution in [3.8, 4) is 0 Å². The van der Waals surface area contributed by atoms with Crippen molar-refractivity contribution < 1.29 is 9.90 Å². The van der Waals surface area contributed by atoms with Crippen LogP contribution in [-0.4, -0.2) is 11.1 Å². The van der Waals surface area contributed by atoms with E-state index < -0.39 is 5.97 Å². The van der Waals surface area contributed by atoms with Gasteiger partial charge in [0.05, 0.1) is 5.92 Å². The summed E-state index contributed by atoms with van der Waals surface area (Å²) in [5.41, 5.74) is 0. The van der Waals surface area contributed by atoms with Crippen LogP contribution >= 0.6 is 0 Å². The first-order valence-electron chi connectivity index (χ1n) is 5.48. The minimum absolute atomic E-state index is 0.0533. The van der Waals surface area contributed by atoms with Crippen LogP contribution < -0.4 is 0 Å². The van der Waals surface area contributed by atoms with E-state index in [1.807, 2.05) is 0 Å². The zero-order valence-electron chi connectivity index (χ0n) is 8.46. The van der Waals surface area contributed by atoms with E-state index >= 15 is 0 Å². The van der Waals surface area contributed by atoms with Gasteiger partial charge in [-0.1, -0.05) is 32.6 Å². The van der Waals surface area contributed by atoms with Crippen molar-refractivity contribution >= 4 is 5.97 Å². The minimum Gasteiger partial charge on any atom is -0.481 e. The predicted octanol–water partition coefficient (Wildman–Crippen LogP) is 3.07. The van der Waals surface area contributed by atoms with E-state index in [2.05, 4.69) is 6.92 Å². The molecule has 2 atom stereocenters. The molecule has 1 saturated carbocycles. The maximum atomic E-state index is 11.0. The van der Waals surface area contributed by atoms with Gasteiger partial charge < -0.3 is 5.11 Å². The Morgan fingerprint density at radius 1 is 1.31 bits per heavy atom. The Morgan fingerprint density at radius 2 is 2.00 bits per heavy atom. The molecule has 13 heavy (non-hydrogen) atoms. The lowest BCUT2D eigenvalue weighted by Gasteiger charge is -2.20. The molecule has 1 aliphatic rings. The quantitative estimate of drug-likeness (QED) is 0.684. The van der Waals surface area contributed by atoms with Crippen LogP contribution in [0.25, 0.3) is 0 Å². The van der Waals surface area contributed by atoms with Crippen molar-refractivity contribution in [2.24, 2.45) is 11.8 Å². The summed E-state index contributed by atoms with van der Waals surface area (Å²) in [7, 11) is 0. The summed E-state index contributed by atoms with van der Waals surface area (Å²) in [6.45, 7) is 2.14. The first-order valence-corrected chi connectivity index (χ1v) is 5.48. The lowest BCUT2D eigenvalue weighted by atomic mass is 9.85. The second kappa shape index (κ2) is 5.25. The molecule has 0 spiro atoms. The van der Waals surface area contributed by atoms with Crippen molar-refractivity contribution in [2.75, 3.05) is 0 Å². The number of hydrogen-bond acceptors (Lipinski definition) is 1. The molecule has 2 nitrogen and oxygen atoms in total. The Bertz CT molecular complexity index is 165. The van der Waals surface area contributed by atoms with E-state index in [9.17, 15) is 4.79 Å². The number of aliphatic carboxylic acids is 1. The normalized spacial score (nSPS) is 29.6. The first-order chi connectivity index (χ1) is 6.25. The van der Waals surface area contributed by atoms with Gasteiger partial charge in [0.2, 0.25) is 0 Å². The molecule has 76 valence electrons. The second-order valence-electron chi connectivity index (χ2n) is 4.13. The molecule has 0 bridgehead atoms. The van der Waals surface area contributed by atoms with Gasteiger partial charge in [-0.25, -0.2) is 0 Å². The van der Waals surface area contributed by atoms with Crippen LogP contribution in [0, 0.1) is 11.8 Å². The highest BCUT2D eigenvalue weighted by Gasteiger charge is 2.28. The Balaban J connectivity index is 2.55. The van der Waals surface area contributed by atoms with Crippen LogP contribution in [0.5, 0.6) is 0 Å². The van der Waals surface area contributed by atoms with Crippen LogP contribution in [0.15, 0.2) is 0 Å². The Kier molecular flexibility index (Phi) is 4.26. The molecule has 1 rings (SSSR count). The lowest BCUT2D eigenvalue weighted by molar-refractivity contribution is -0.144. The van der Waals surface area contributed by atoms with Gasteiger partial charge >= 0.3 is 5.97 Å². The molecule has 1 N–H and O–H groups in total. The van der Waals surface area contributed by atoms with Gasteiger partial charge in [0.15, 0.2) is 0 Å². The molecule has 0 aliphatic heterocycles. The SMILES string of the molecule is CCCC1CCCCCC1C(=O)O. The van der Waals surface area contributed by atoms with Crippen molar-refractivity contribution in [3.63, 3.8) is 0 Å². The maximum absolute atomic E-state index is 11.0. The fraction of sp³-hybridized carbons (Fsp3) is 0.909. The van der Waals surface area contributed by atoms with Gasteiger partial charge in [-0.3, -0.25) is 4.79 Å². The number of rotatable bonds is 3. The Hall–Kier alpha value is -0.530. The molecule has 0 heterocycles. The molecular formula is C11H20O2. The summed E-state index contributed by atoms with van der Waals surface area (Å²) in [6, 6.07) is 0. The minimum atomic E-state index is -0.569. The third kappa shape index (κ3) is 3.02. The molecule has 2 heteroatoms. The summed E-state index contributed by atoms with van der Waals surface area (Å²) >= 11 is 0. The molecule has 0 radical (unpaired) electrons. The average molecular weight is 184 g/mol. The van der Waals surface area contributed by atoms with E-state index in [-0.39, 0.29) is 5.92 Å². The van der Waals surface area contributed by atoms with Gasteiger partial charge in [-0.15, -0.1) is 0 Å². The van der Waals surface area contributed by atoms with Gasteiger partial charge in [-0.05, 0) is 25.2 Å². The van der Waals surface area contributed by atoms with E-state index in [0.29, 0.717) is 5.92 Å². The van der Waals surface area contributed by atoms with Crippen LogP contribution in [0.3, 0.4) is 0 Å². The highest BCUT2D eigenvalue weighted by atomic mass is 16.4. The van der Waals surface area contributed by atoms with Crippen molar-refractivity contribution in [1.29, 1.82) is 0 Å². The lowest BCUT2D eigenvalue weighted by Crippen LogP contribution is -2.22. The molecule has 1 fully saturated rings. The monoisotopic (exact) mass is 184 g/mol. The predicted molar refractivity (Wildman–Crippen MR) is 52.6 cm³/mol. The molecule has 0 aromatic carbocycles. The summed E-state index contributed by atoms with van der Waals surface area (Å²) in [4.78, 5) is 11.0. The summed E-state index contributed by atoms with van der Waals surface area (Å²) in [5.74, 6) is -0.173. The molecule has 0 saturated heterocycles. The van der Waals surface area contributed by atoms with Crippen LogP contribution in [0.4, 0.5) is 0 Å². The molecule has 0 aromatic rings. The van der Waals surface area contributed by atoms with Crippen LogP contribution in [0.2, 0.25) is 0 Å². The second-order valence-corrected chi connectivity index (χ2v) is 4.13. The summed E-state index contributed by atoms with van der Waals surface area (Å²) in [6.07, 6.45) is 7.81. The van der Waals surface area contributed by atoms with Crippen molar-refractivity contribution in [1.82, 2.24) is 0 Å². The molecule has 2 unspecified atom stereocenters. The van der Waals surface area contributed by atoms with Gasteiger partial charge in [0, 0.05) is 0 Å². The average Bonchev–Trinajstić information content (AvgIpc) is 2.30. The van der Waals surface area contributed by atoms with E-state index in [4.69, 9.17) is 5.11 Å². The largest absolute Gasteiger partial charge is 0.481 e. The first kappa shape index (κ1) is 10.6. The Morgan fingerprint density at radius 3 is 2.62 bits per heavy atom. The standard InChI is InChI=1S/C11H20O2/c1-2-6-9-7-4-3-5-8-10(9)11(12)13/h9-10H,2-8H2,1H3,(H,12,13). The zero-order valence-corrected chi connectivity index (χ0v) is 8.46. The summed E-state index contributed by atoms with van der Waals surface area (Å²) < 4.78 is 0. The number of carboxylic acids is 1.